The zero-order valence-corrected chi connectivity index (χ0v) is 10.4. The number of ether oxygens (including phenoxy) is 1. The summed E-state index contributed by atoms with van der Waals surface area (Å²) in [7, 11) is 0. The van der Waals surface area contributed by atoms with Crippen LogP contribution in [-0.2, 0) is 4.74 Å². The molecule has 1 saturated heterocycles. The second-order valence-corrected chi connectivity index (χ2v) is 5.93. The first kappa shape index (κ1) is 11.2. The second kappa shape index (κ2) is 3.93. The highest BCUT2D eigenvalue weighted by molar-refractivity contribution is 5.07. The van der Waals surface area contributed by atoms with Crippen LogP contribution in [-0.4, -0.2) is 12.2 Å². The van der Waals surface area contributed by atoms with Crippen LogP contribution >= 0.6 is 0 Å². The standard InChI is InChI=1S/C14H24O/c1-10-5-6-15-14(7-10)8-11(2)13(4)12(3)9-14/h11-13H,1,5-9H2,2-4H3. The predicted octanol–water partition coefficient (Wildman–Crippen LogP) is 3.79. The lowest BCUT2D eigenvalue weighted by Crippen LogP contribution is -2.46. The minimum atomic E-state index is 0.153. The van der Waals surface area contributed by atoms with Gasteiger partial charge in [0.2, 0.25) is 0 Å². The minimum absolute atomic E-state index is 0.153. The highest BCUT2D eigenvalue weighted by atomic mass is 16.5. The lowest BCUT2D eigenvalue weighted by atomic mass is 9.65. The molecule has 0 aromatic rings. The maximum atomic E-state index is 6.11. The molecule has 2 atom stereocenters. The quantitative estimate of drug-likeness (QED) is 0.550. The Kier molecular flexibility index (Phi) is 2.94. The Hall–Kier alpha value is -0.300. The normalized spacial score (nSPS) is 47.1. The molecule has 0 radical (unpaired) electrons. The molecule has 0 bridgehead atoms. The van der Waals surface area contributed by atoms with E-state index in [0.29, 0.717) is 0 Å². The zero-order valence-electron chi connectivity index (χ0n) is 10.4. The molecule has 1 aliphatic carbocycles. The van der Waals surface area contributed by atoms with E-state index in [1.54, 1.807) is 0 Å². The molecule has 1 saturated carbocycles. The van der Waals surface area contributed by atoms with Gasteiger partial charge in [0.1, 0.15) is 0 Å². The van der Waals surface area contributed by atoms with Crippen molar-refractivity contribution in [1.82, 2.24) is 0 Å². The third-order valence-electron chi connectivity index (χ3n) is 4.62. The maximum Gasteiger partial charge on any atom is 0.0724 e. The molecule has 0 N–H and O–H groups in total. The Morgan fingerprint density at radius 3 is 2.33 bits per heavy atom. The summed E-state index contributed by atoms with van der Waals surface area (Å²) in [6.45, 7) is 12.2. The van der Waals surface area contributed by atoms with Gasteiger partial charge in [0.05, 0.1) is 12.2 Å². The van der Waals surface area contributed by atoms with E-state index >= 15 is 0 Å². The second-order valence-electron chi connectivity index (χ2n) is 5.93. The van der Waals surface area contributed by atoms with E-state index < -0.39 is 0 Å². The van der Waals surface area contributed by atoms with E-state index in [4.69, 9.17) is 4.74 Å². The molecule has 2 aliphatic rings. The van der Waals surface area contributed by atoms with Gasteiger partial charge in [-0.3, -0.25) is 0 Å². The van der Waals surface area contributed by atoms with Gasteiger partial charge in [-0.2, -0.15) is 0 Å². The first-order valence-corrected chi connectivity index (χ1v) is 6.33. The molecule has 1 heteroatoms. The van der Waals surface area contributed by atoms with Gasteiger partial charge in [-0.15, -0.1) is 0 Å². The van der Waals surface area contributed by atoms with Crippen LogP contribution in [0.3, 0.4) is 0 Å². The van der Waals surface area contributed by atoms with Crippen LogP contribution in [0, 0.1) is 17.8 Å². The van der Waals surface area contributed by atoms with Crippen LogP contribution in [0.5, 0.6) is 0 Å². The molecule has 0 amide bonds. The Balaban J connectivity index is 2.12. The predicted molar refractivity (Wildman–Crippen MR) is 63.8 cm³/mol. The Bertz CT molecular complexity index is 244. The highest BCUT2D eigenvalue weighted by Gasteiger charge is 2.43. The molecule has 0 aromatic carbocycles. The smallest absolute Gasteiger partial charge is 0.0724 e. The summed E-state index contributed by atoms with van der Waals surface area (Å²) in [4.78, 5) is 0. The van der Waals surface area contributed by atoms with Gasteiger partial charge in [-0.25, -0.2) is 0 Å². The fourth-order valence-corrected chi connectivity index (χ4v) is 3.46. The molecular weight excluding hydrogens is 184 g/mol. The lowest BCUT2D eigenvalue weighted by molar-refractivity contribution is -0.117. The van der Waals surface area contributed by atoms with Gasteiger partial charge in [-0.05, 0) is 43.4 Å². The van der Waals surface area contributed by atoms with Crippen LogP contribution in [0.4, 0.5) is 0 Å². The molecule has 1 heterocycles. The topological polar surface area (TPSA) is 9.23 Å². The molecule has 2 unspecified atom stereocenters. The number of hydrogen-bond acceptors (Lipinski definition) is 1. The summed E-state index contributed by atoms with van der Waals surface area (Å²) >= 11 is 0. The van der Waals surface area contributed by atoms with Crippen molar-refractivity contribution in [3.8, 4) is 0 Å². The first-order valence-electron chi connectivity index (χ1n) is 6.33. The van der Waals surface area contributed by atoms with Crippen LogP contribution in [0.2, 0.25) is 0 Å². The zero-order chi connectivity index (χ0) is 11.1. The monoisotopic (exact) mass is 208 g/mol. The van der Waals surface area contributed by atoms with Crippen molar-refractivity contribution in [2.75, 3.05) is 6.61 Å². The van der Waals surface area contributed by atoms with Gasteiger partial charge in [0.15, 0.2) is 0 Å². The Morgan fingerprint density at radius 1 is 1.20 bits per heavy atom. The van der Waals surface area contributed by atoms with Gasteiger partial charge in [0, 0.05) is 0 Å². The van der Waals surface area contributed by atoms with Crippen LogP contribution in [0.1, 0.15) is 46.5 Å². The summed E-state index contributed by atoms with van der Waals surface area (Å²) < 4.78 is 6.11. The summed E-state index contributed by atoms with van der Waals surface area (Å²) in [6, 6.07) is 0. The van der Waals surface area contributed by atoms with Crippen molar-refractivity contribution in [3.63, 3.8) is 0 Å². The minimum Gasteiger partial charge on any atom is -0.374 e. The molecule has 1 spiro atoms. The van der Waals surface area contributed by atoms with Gasteiger partial charge in [0.25, 0.3) is 0 Å². The van der Waals surface area contributed by atoms with Crippen molar-refractivity contribution in [2.24, 2.45) is 17.8 Å². The molecule has 86 valence electrons. The van der Waals surface area contributed by atoms with Gasteiger partial charge < -0.3 is 4.74 Å². The third kappa shape index (κ3) is 2.13. The van der Waals surface area contributed by atoms with Gasteiger partial charge in [-0.1, -0.05) is 32.9 Å². The van der Waals surface area contributed by atoms with E-state index in [1.165, 1.54) is 18.4 Å². The lowest BCUT2D eigenvalue weighted by Gasteiger charge is -2.48. The molecule has 2 rings (SSSR count). The Labute approximate surface area is 93.9 Å². The van der Waals surface area contributed by atoms with E-state index in [9.17, 15) is 0 Å². The molecular formula is C14H24O. The largest absolute Gasteiger partial charge is 0.374 e. The van der Waals surface area contributed by atoms with Crippen molar-refractivity contribution in [1.29, 1.82) is 0 Å². The van der Waals surface area contributed by atoms with Crippen LogP contribution < -0.4 is 0 Å². The fraction of sp³-hybridized carbons (Fsp3) is 0.857. The molecule has 1 aliphatic heterocycles. The molecule has 0 aromatic heterocycles. The SMILES string of the molecule is C=C1CCOC2(C1)CC(C)C(C)C(C)C2. The first-order chi connectivity index (χ1) is 7.02. The number of hydrogen-bond donors (Lipinski definition) is 0. The van der Waals surface area contributed by atoms with Crippen LogP contribution in [0.15, 0.2) is 12.2 Å². The summed E-state index contributed by atoms with van der Waals surface area (Å²) in [6.07, 6.45) is 4.64. The van der Waals surface area contributed by atoms with E-state index in [2.05, 4.69) is 27.4 Å². The van der Waals surface area contributed by atoms with Crippen molar-refractivity contribution < 1.29 is 4.74 Å². The fourth-order valence-electron chi connectivity index (χ4n) is 3.46. The van der Waals surface area contributed by atoms with Gasteiger partial charge >= 0.3 is 0 Å². The molecule has 2 fully saturated rings. The van der Waals surface area contributed by atoms with Crippen molar-refractivity contribution >= 4 is 0 Å². The maximum absolute atomic E-state index is 6.11. The summed E-state index contributed by atoms with van der Waals surface area (Å²) in [5, 5.41) is 0. The average Bonchev–Trinajstić information content (AvgIpc) is 2.14. The van der Waals surface area contributed by atoms with Crippen molar-refractivity contribution in [2.45, 2.75) is 52.1 Å². The highest BCUT2D eigenvalue weighted by Crippen LogP contribution is 2.46. The summed E-state index contributed by atoms with van der Waals surface area (Å²) in [5.41, 5.74) is 1.55. The number of rotatable bonds is 0. The molecule has 1 nitrogen and oxygen atoms in total. The summed E-state index contributed by atoms with van der Waals surface area (Å²) in [5.74, 6) is 2.42. The van der Waals surface area contributed by atoms with E-state index in [1.807, 2.05) is 0 Å². The average molecular weight is 208 g/mol. The van der Waals surface area contributed by atoms with E-state index in [0.717, 1.165) is 37.2 Å². The molecule has 15 heavy (non-hydrogen) atoms. The third-order valence-corrected chi connectivity index (χ3v) is 4.62. The Morgan fingerprint density at radius 2 is 1.80 bits per heavy atom. The van der Waals surface area contributed by atoms with Crippen molar-refractivity contribution in [3.05, 3.63) is 12.2 Å². The van der Waals surface area contributed by atoms with E-state index in [-0.39, 0.29) is 5.60 Å². The van der Waals surface area contributed by atoms with Crippen LogP contribution in [0.25, 0.3) is 0 Å².